The van der Waals surface area contributed by atoms with E-state index < -0.39 is 0 Å². The standard InChI is InChI=1S/C13H23BrN4/c1-3-4-9-5-6-10(8-15)11(7-9)12-13(14)16-17-18(12)2/h9-11H,3-8,15H2,1-2H3. The van der Waals surface area contributed by atoms with Gasteiger partial charge < -0.3 is 5.73 Å². The van der Waals surface area contributed by atoms with Crippen LogP contribution in [0, 0.1) is 11.8 Å². The second kappa shape index (κ2) is 6.15. The Morgan fingerprint density at radius 3 is 2.78 bits per heavy atom. The summed E-state index contributed by atoms with van der Waals surface area (Å²) in [4.78, 5) is 0. The summed E-state index contributed by atoms with van der Waals surface area (Å²) in [7, 11) is 1.98. The van der Waals surface area contributed by atoms with Crippen molar-refractivity contribution in [3.8, 4) is 0 Å². The van der Waals surface area contributed by atoms with Gasteiger partial charge in [0.15, 0.2) is 4.60 Å². The minimum atomic E-state index is 0.509. The van der Waals surface area contributed by atoms with Gasteiger partial charge in [-0.15, -0.1) is 5.10 Å². The van der Waals surface area contributed by atoms with Crippen LogP contribution in [0.1, 0.15) is 50.6 Å². The second-order valence-corrected chi connectivity index (χ2v) is 6.21. The highest BCUT2D eigenvalue weighted by molar-refractivity contribution is 9.10. The molecule has 1 fully saturated rings. The van der Waals surface area contributed by atoms with Crippen LogP contribution in [0.4, 0.5) is 0 Å². The lowest BCUT2D eigenvalue weighted by Gasteiger charge is -2.35. The number of nitrogens with two attached hydrogens (primary N) is 1. The van der Waals surface area contributed by atoms with Crippen molar-refractivity contribution in [2.24, 2.45) is 24.6 Å². The average molecular weight is 315 g/mol. The Hall–Kier alpha value is -0.420. The number of hydrogen-bond acceptors (Lipinski definition) is 3. The van der Waals surface area contributed by atoms with Crippen molar-refractivity contribution in [1.82, 2.24) is 15.0 Å². The molecule has 0 radical (unpaired) electrons. The number of aromatic nitrogens is 3. The van der Waals surface area contributed by atoms with Gasteiger partial charge in [0.1, 0.15) is 0 Å². The summed E-state index contributed by atoms with van der Waals surface area (Å²) in [6.07, 6.45) is 6.40. The Bertz CT molecular complexity index is 371. The minimum Gasteiger partial charge on any atom is -0.330 e. The predicted molar refractivity (Wildman–Crippen MR) is 76.2 cm³/mol. The smallest absolute Gasteiger partial charge is 0.151 e. The fraction of sp³-hybridized carbons (Fsp3) is 0.846. The Labute approximate surface area is 117 Å². The van der Waals surface area contributed by atoms with Gasteiger partial charge >= 0.3 is 0 Å². The Balaban J connectivity index is 2.21. The first kappa shape index (κ1) is 14.0. The molecule has 1 aliphatic carbocycles. The Kier molecular flexibility index (Phi) is 4.78. The topological polar surface area (TPSA) is 56.7 Å². The van der Waals surface area contributed by atoms with Crippen molar-refractivity contribution in [1.29, 1.82) is 0 Å². The van der Waals surface area contributed by atoms with Gasteiger partial charge in [-0.2, -0.15) is 0 Å². The van der Waals surface area contributed by atoms with Crippen molar-refractivity contribution in [3.63, 3.8) is 0 Å². The monoisotopic (exact) mass is 314 g/mol. The first-order valence-corrected chi connectivity index (χ1v) is 7.71. The molecule has 1 aliphatic rings. The first-order valence-electron chi connectivity index (χ1n) is 6.92. The zero-order chi connectivity index (χ0) is 13.1. The van der Waals surface area contributed by atoms with E-state index in [-0.39, 0.29) is 0 Å². The molecule has 0 amide bonds. The maximum Gasteiger partial charge on any atom is 0.151 e. The number of aryl methyl sites for hydroxylation is 1. The van der Waals surface area contributed by atoms with Crippen LogP contribution in [-0.4, -0.2) is 21.5 Å². The molecule has 4 nitrogen and oxygen atoms in total. The van der Waals surface area contributed by atoms with Crippen molar-refractivity contribution >= 4 is 15.9 Å². The number of halogens is 1. The molecule has 0 saturated heterocycles. The average Bonchev–Trinajstić information content (AvgIpc) is 2.69. The van der Waals surface area contributed by atoms with Crippen molar-refractivity contribution in [3.05, 3.63) is 10.3 Å². The highest BCUT2D eigenvalue weighted by Gasteiger charge is 2.33. The van der Waals surface area contributed by atoms with Crippen LogP contribution in [0.5, 0.6) is 0 Å². The van der Waals surface area contributed by atoms with Gasteiger partial charge in [-0.05, 0) is 47.2 Å². The molecule has 5 heteroatoms. The molecule has 3 atom stereocenters. The lowest BCUT2D eigenvalue weighted by atomic mass is 9.71. The van der Waals surface area contributed by atoms with E-state index in [0.717, 1.165) is 17.1 Å². The van der Waals surface area contributed by atoms with Crippen LogP contribution in [-0.2, 0) is 7.05 Å². The summed E-state index contributed by atoms with van der Waals surface area (Å²) in [6, 6.07) is 0. The third kappa shape index (κ3) is 2.77. The van der Waals surface area contributed by atoms with Crippen LogP contribution < -0.4 is 5.73 Å². The second-order valence-electron chi connectivity index (χ2n) is 5.46. The van der Waals surface area contributed by atoms with Crippen LogP contribution >= 0.6 is 15.9 Å². The third-order valence-electron chi connectivity index (χ3n) is 4.28. The van der Waals surface area contributed by atoms with Crippen molar-refractivity contribution in [2.75, 3.05) is 6.54 Å². The lowest BCUT2D eigenvalue weighted by Crippen LogP contribution is -2.30. The van der Waals surface area contributed by atoms with Crippen molar-refractivity contribution in [2.45, 2.75) is 44.9 Å². The SMILES string of the molecule is CCCC1CCC(CN)C(c2c(Br)nnn2C)C1. The summed E-state index contributed by atoms with van der Waals surface area (Å²) in [6.45, 7) is 3.03. The Morgan fingerprint density at radius 1 is 1.44 bits per heavy atom. The van der Waals surface area contributed by atoms with E-state index in [1.54, 1.807) is 0 Å². The molecule has 2 rings (SSSR count). The molecule has 1 aromatic heterocycles. The van der Waals surface area contributed by atoms with Crippen molar-refractivity contribution < 1.29 is 0 Å². The molecule has 0 spiro atoms. The summed E-state index contributed by atoms with van der Waals surface area (Å²) >= 11 is 3.53. The molecule has 0 aromatic carbocycles. The molecular weight excluding hydrogens is 292 g/mol. The minimum absolute atomic E-state index is 0.509. The van der Waals surface area contributed by atoms with Crippen LogP contribution in [0.15, 0.2) is 4.60 Å². The fourth-order valence-corrected chi connectivity index (χ4v) is 3.96. The van der Waals surface area contributed by atoms with Gasteiger partial charge in [0.2, 0.25) is 0 Å². The Morgan fingerprint density at radius 2 is 2.22 bits per heavy atom. The van der Waals surface area contributed by atoms with E-state index in [4.69, 9.17) is 5.73 Å². The zero-order valence-corrected chi connectivity index (χ0v) is 12.9. The van der Waals surface area contributed by atoms with E-state index in [1.165, 1.54) is 37.8 Å². The molecule has 2 N–H and O–H groups in total. The first-order chi connectivity index (χ1) is 8.67. The molecule has 1 saturated carbocycles. The van der Waals surface area contributed by atoms with Gasteiger partial charge in [0, 0.05) is 13.0 Å². The van der Waals surface area contributed by atoms with Crippen LogP contribution in [0.3, 0.4) is 0 Å². The van der Waals surface area contributed by atoms with Gasteiger partial charge in [-0.1, -0.05) is 31.4 Å². The summed E-state index contributed by atoms with van der Waals surface area (Å²) < 4.78 is 2.80. The van der Waals surface area contributed by atoms with Gasteiger partial charge in [0.05, 0.1) is 5.69 Å². The third-order valence-corrected chi connectivity index (χ3v) is 4.84. The maximum atomic E-state index is 5.95. The molecular formula is C13H23BrN4. The largest absolute Gasteiger partial charge is 0.330 e. The highest BCUT2D eigenvalue weighted by atomic mass is 79.9. The summed E-state index contributed by atoms with van der Waals surface area (Å²) in [5.41, 5.74) is 7.18. The lowest BCUT2D eigenvalue weighted by molar-refractivity contribution is 0.223. The highest BCUT2D eigenvalue weighted by Crippen LogP contribution is 2.43. The van der Waals surface area contributed by atoms with Gasteiger partial charge in [-0.25, -0.2) is 0 Å². The summed E-state index contributed by atoms with van der Waals surface area (Å²) in [5, 5.41) is 8.23. The van der Waals surface area contributed by atoms with Crippen LogP contribution in [0.2, 0.25) is 0 Å². The molecule has 0 aliphatic heterocycles. The van der Waals surface area contributed by atoms with E-state index in [2.05, 4.69) is 33.2 Å². The molecule has 3 unspecified atom stereocenters. The van der Waals surface area contributed by atoms with E-state index in [1.807, 2.05) is 11.7 Å². The number of nitrogens with zero attached hydrogens (tertiary/aromatic N) is 3. The molecule has 18 heavy (non-hydrogen) atoms. The molecule has 102 valence electrons. The predicted octanol–water partition coefficient (Wildman–Crippen LogP) is 2.84. The number of rotatable bonds is 4. The normalized spacial score (nSPS) is 28.6. The summed E-state index contributed by atoms with van der Waals surface area (Å²) in [5.74, 6) is 1.92. The zero-order valence-electron chi connectivity index (χ0n) is 11.3. The quantitative estimate of drug-likeness (QED) is 0.929. The molecule has 0 bridgehead atoms. The van der Waals surface area contributed by atoms with E-state index in [0.29, 0.717) is 11.8 Å². The molecule has 1 aromatic rings. The van der Waals surface area contributed by atoms with E-state index >= 15 is 0 Å². The fourth-order valence-electron chi connectivity index (χ4n) is 3.34. The van der Waals surface area contributed by atoms with Gasteiger partial charge in [-0.3, -0.25) is 4.68 Å². The van der Waals surface area contributed by atoms with E-state index in [9.17, 15) is 0 Å². The maximum absolute atomic E-state index is 5.95. The molecule has 1 heterocycles. The number of hydrogen-bond donors (Lipinski definition) is 1. The van der Waals surface area contributed by atoms with Crippen LogP contribution in [0.25, 0.3) is 0 Å². The van der Waals surface area contributed by atoms with Gasteiger partial charge in [0.25, 0.3) is 0 Å².